The van der Waals surface area contributed by atoms with Crippen LogP contribution in [0.2, 0.25) is 0 Å². The fourth-order valence-electron chi connectivity index (χ4n) is 2.41. The van der Waals surface area contributed by atoms with Gasteiger partial charge in [0, 0.05) is 17.0 Å². The van der Waals surface area contributed by atoms with E-state index in [1.54, 1.807) is 21.3 Å². The van der Waals surface area contributed by atoms with E-state index in [1.165, 1.54) is 32.1 Å². The molecular formula is C17H27BrO3. The Bertz CT molecular complexity index is 395. The van der Waals surface area contributed by atoms with Gasteiger partial charge in [0.2, 0.25) is 0 Å². The predicted octanol–water partition coefficient (Wildman–Crippen LogP) is 5.51. The summed E-state index contributed by atoms with van der Waals surface area (Å²) in [5.74, 6) is 2.36. The van der Waals surface area contributed by atoms with Crippen LogP contribution < -0.4 is 14.2 Å². The first-order chi connectivity index (χ1) is 10.2. The average Bonchev–Trinajstić information content (AvgIpc) is 2.52. The Morgan fingerprint density at radius 3 is 1.95 bits per heavy atom. The van der Waals surface area contributed by atoms with E-state index >= 15 is 0 Å². The number of benzene rings is 1. The molecule has 21 heavy (non-hydrogen) atoms. The highest BCUT2D eigenvalue weighted by Gasteiger charge is 2.20. The first-order valence-electron chi connectivity index (χ1n) is 7.61. The largest absolute Gasteiger partial charge is 0.496 e. The Balaban J connectivity index is 2.79. The van der Waals surface area contributed by atoms with Crippen LogP contribution in [-0.2, 0) is 0 Å². The lowest BCUT2D eigenvalue weighted by molar-refractivity contribution is 0.367. The van der Waals surface area contributed by atoms with E-state index in [9.17, 15) is 0 Å². The number of unbranched alkanes of at least 4 members (excludes halogenated alkanes) is 4. The van der Waals surface area contributed by atoms with Gasteiger partial charge in [0.15, 0.2) is 0 Å². The third-order valence-corrected chi connectivity index (χ3v) is 4.54. The molecule has 1 unspecified atom stereocenters. The van der Waals surface area contributed by atoms with Gasteiger partial charge in [-0.05, 0) is 6.42 Å². The van der Waals surface area contributed by atoms with Crippen LogP contribution in [0.5, 0.6) is 17.2 Å². The minimum atomic E-state index is 0.231. The van der Waals surface area contributed by atoms with Crippen LogP contribution in [0.4, 0.5) is 0 Å². The highest BCUT2D eigenvalue weighted by atomic mass is 79.9. The molecule has 0 bridgehead atoms. The first kappa shape index (κ1) is 18.1. The van der Waals surface area contributed by atoms with E-state index < -0.39 is 0 Å². The van der Waals surface area contributed by atoms with Crippen molar-refractivity contribution in [1.29, 1.82) is 0 Å². The van der Waals surface area contributed by atoms with Crippen molar-refractivity contribution >= 4 is 15.9 Å². The average molecular weight is 359 g/mol. The molecule has 0 saturated heterocycles. The molecule has 120 valence electrons. The van der Waals surface area contributed by atoms with Gasteiger partial charge in [0.1, 0.15) is 17.2 Å². The van der Waals surface area contributed by atoms with Crippen LogP contribution in [0, 0.1) is 0 Å². The molecule has 3 nitrogen and oxygen atoms in total. The third-order valence-electron chi connectivity index (χ3n) is 3.63. The molecule has 1 rings (SSSR count). The van der Waals surface area contributed by atoms with Gasteiger partial charge in [-0.1, -0.05) is 55.0 Å². The number of ether oxygens (including phenoxy) is 3. The lowest BCUT2D eigenvalue weighted by Gasteiger charge is -2.19. The van der Waals surface area contributed by atoms with E-state index in [4.69, 9.17) is 14.2 Å². The molecule has 0 N–H and O–H groups in total. The molecule has 4 heteroatoms. The zero-order valence-electron chi connectivity index (χ0n) is 13.6. The van der Waals surface area contributed by atoms with Crippen molar-refractivity contribution in [3.8, 4) is 17.2 Å². The summed E-state index contributed by atoms with van der Waals surface area (Å²) < 4.78 is 16.3. The van der Waals surface area contributed by atoms with Crippen molar-refractivity contribution in [2.45, 2.75) is 50.3 Å². The Morgan fingerprint density at radius 2 is 1.48 bits per heavy atom. The van der Waals surface area contributed by atoms with E-state index in [0.29, 0.717) is 0 Å². The van der Waals surface area contributed by atoms with Gasteiger partial charge in [-0.25, -0.2) is 0 Å². The highest BCUT2D eigenvalue weighted by Crippen LogP contribution is 2.43. The maximum Gasteiger partial charge on any atom is 0.130 e. The van der Waals surface area contributed by atoms with Gasteiger partial charge < -0.3 is 14.2 Å². The lowest BCUT2D eigenvalue weighted by Crippen LogP contribution is -2.01. The van der Waals surface area contributed by atoms with E-state index in [2.05, 4.69) is 22.9 Å². The summed E-state index contributed by atoms with van der Waals surface area (Å²) in [6, 6.07) is 3.81. The van der Waals surface area contributed by atoms with Crippen LogP contribution in [0.15, 0.2) is 12.1 Å². The summed E-state index contributed by atoms with van der Waals surface area (Å²) in [4.78, 5) is 0.231. The van der Waals surface area contributed by atoms with Crippen LogP contribution in [0.25, 0.3) is 0 Å². The zero-order chi connectivity index (χ0) is 15.7. The maximum atomic E-state index is 5.51. The summed E-state index contributed by atoms with van der Waals surface area (Å²) >= 11 is 3.78. The Kier molecular flexibility index (Phi) is 8.58. The number of hydrogen-bond donors (Lipinski definition) is 0. The molecule has 0 aliphatic heterocycles. The number of rotatable bonds is 10. The second kappa shape index (κ2) is 9.93. The SMILES string of the molecule is CCCCCCCC(Br)c1c(OC)cc(OC)cc1OC. The summed E-state index contributed by atoms with van der Waals surface area (Å²) in [5.41, 5.74) is 1.07. The molecule has 0 aromatic heterocycles. The molecule has 0 saturated carbocycles. The van der Waals surface area contributed by atoms with Gasteiger partial charge in [-0.2, -0.15) is 0 Å². The molecule has 0 radical (unpaired) electrons. The zero-order valence-corrected chi connectivity index (χ0v) is 15.2. The second-order valence-corrected chi connectivity index (χ2v) is 6.22. The Labute approximate surface area is 137 Å². The lowest BCUT2D eigenvalue weighted by atomic mass is 10.0. The summed E-state index contributed by atoms with van der Waals surface area (Å²) in [6.45, 7) is 2.24. The predicted molar refractivity (Wildman–Crippen MR) is 91.1 cm³/mol. The quantitative estimate of drug-likeness (QED) is 0.407. The van der Waals surface area contributed by atoms with Crippen molar-refractivity contribution < 1.29 is 14.2 Å². The van der Waals surface area contributed by atoms with Crippen LogP contribution in [0.1, 0.15) is 55.8 Å². The van der Waals surface area contributed by atoms with Crippen LogP contribution >= 0.6 is 15.9 Å². The Morgan fingerprint density at radius 1 is 0.905 bits per heavy atom. The second-order valence-electron chi connectivity index (χ2n) is 5.12. The van der Waals surface area contributed by atoms with Crippen molar-refractivity contribution in [2.24, 2.45) is 0 Å². The van der Waals surface area contributed by atoms with Gasteiger partial charge in [0.05, 0.1) is 26.9 Å². The maximum absolute atomic E-state index is 5.51. The summed E-state index contributed by atoms with van der Waals surface area (Å²) in [5, 5.41) is 0. The van der Waals surface area contributed by atoms with Crippen molar-refractivity contribution in [3.63, 3.8) is 0 Å². The molecule has 0 fully saturated rings. The molecular weight excluding hydrogens is 332 g/mol. The molecule has 0 amide bonds. The van der Waals surface area contributed by atoms with E-state index in [-0.39, 0.29) is 4.83 Å². The third kappa shape index (κ3) is 5.42. The van der Waals surface area contributed by atoms with Gasteiger partial charge in [-0.15, -0.1) is 0 Å². The van der Waals surface area contributed by atoms with Crippen molar-refractivity contribution in [1.82, 2.24) is 0 Å². The molecule has 1 atom stereocenters. The molecule has 1 aromatic rings. The smallest absolute Gasteiger partial charge is 0.130 e. The Hall–Kier alpha value is -0.900. The van der Waals surface area contributed by atoms with Gasteiger partial charge in [-0.3, -0.25) is 0 Å². The van der Waals surface area contributed by atoms with E-state index in [0.717, 1.165) is 29.2 Å². The van der Waals surface area contributed by atoms with Gasteiger partial charge in [0.25, 0.3) is 0 Å². The fraction of sp³-hybridized carbons (Fsp3) is 0.647. The van der Waals surface area contributed by atoms with Crippen molar-refractivity contribution in [3.05, 3.63) is 17.7 Å². The number of methoxy groups -OCH3 is 3. The van der Waals surface area contributed by atoms with Gasteiger partial charge >= 0.3 is 0 Å². The van der Waals surface area contributed by atoms with Crippen molar-refractivity contribution in [2.75, 3.05) is 21.3 Å². The fourth-order valence-corrected chi connectivity index (χ4v) is 3.19. The molecule has 0 spiro atoms. The summed E-state index contributed by atoms with van der Waals surface area (Å²) in [6.07, 6.45) is 7.46. The molecule has 0 heterocycles. The normalized spacial score (nSPS) is 12.0. The first-order valence-corrected chi connectivity index (χ1v) is 8.53. The standard InChI is InChI=1S/C17H27BrO3/c1-5-6-7-8-9-10-14(18)17-15(20-3)11-13(19-2)12-16(17)21-4/h11-12,14H,5-10H2,1-4H3. The van der Waals surface area contributed by atoms with Crippen LogP contribution in [0.3, 0.4) is 0 Å². The monoisotopic (exact) mass is 358 g/mol. The number of halogens is 1. The minimum Gasteiger partial charge on any atom is -0.496 e. The molecule has 0 aliphatic carbocycles. The number of hydrogen-bond acceptors (Lipinski definition) is 3. The highest BCUT2D eigenvalue weighted by molar-refractivity contribution is 9.09. The van der Waals surface area contributed by atoms with E-state index in [1.807, 2.05) is 12.1 Å². The topological polar surface area (TPSA) is 27.7 Å². The number of alkyl halides is 1. The molecule has 1 aromatic carbocycles. The molecule has 0 aliphatic rings. The van der Waals surface area contributed by atoms with Crippen LogP contribution in [-0.4, -0.2) is 21.3 Å². The summed E-state index contributed by atoms with van der Waals surface area (Å²) in [7, 11) is 5.00. The minimum absolute atomic E-state index is 0.231.